The Morgan fingerprint density at radius 2 is 1.59 bits per heavy atom. The lowest BCUT2D eigenvalue weighted by Gasteiger charge is -2.65. The summed E-state index contributed by atoms with van der Waals surface area (Å²) >= 11 is 0. The quantitative estimate of drug-likeness (QED) is 0.534. The smallest absolute Gasteiger partial charge is 0.303 e. The number of ether oxygens (including phenoxy) is 3. The first kappa shape index (κ1) is 24.3. The fraction of sp³-hybridized carbons (Fsp3) is 0.577. The Morgan fingerprint density at radius 1 is 1.00 bits per heavy atom. The highest BCUT2D eigenvalue weighted by Gasteiger charge is 2.73. The van der Waals surface area contributed by atoms with Crippen molar-refractivity contribution in [3.8, 4) is 0 Å². The van der Waals surface area contributed by atoms with Gasteiger partial charge >= 0.3 is 17.9 Å². The predicted octanol–water partition coefficient (Wildman–Crippen LogP) is 3.51. The van der Waals surface area contributed by atoms with Crippen molar-refractivity contribution in [2.24, 2.45) is 5.41 Å². The summed E-state index contributed by atoms with van der Waals surface area (Å²) in [6.07, 6.45) is -0.798. The van der Waals surface area contributed by atoms with Crippen molar-refractivity contribution in [2.45, 2.75) is 90.6 Å². The first-order valence-electron chi connectivity index (χ1n) is 11.5. The van der Waals surface area contributed by atoms with Gasteiger partial charge in [-0.1, -0.05) is 13.8 Å². The van der Waals surface area contributed by atoms with Crippen LogP contribution in [0.25, 0.3) is 11.0 Å². The zero-order valence-electron chi connectivity index (χ0n) is 20.7. The standard InChI is InChI=1S/C26H32O8/c1-13-17-8-10-26(30)24(5,6)22(33-15(3)28)21(32-14(2)27)23(34-16(4)29)25(26,7)19(17)12-20-18(13)9-11-31-20/h9,11-12,21-23,30H,8,10H2,1-7H3/t21-,22+,23-,25-,26+/m0/s1. The molecular formula is C26H32O8. The second kappa shape index (κ2) is 7.83. The third-order valence-corrected chi connectivity index (χ3v) is 8.14. The molecule has 0 aliphatic heterocycles. The minimum Gasteiger partial charge on any atom is -0.464 e. The molecule has 5 atom stereocenters. The van der Waals surface area contributed by atoms with Gasteiger partial charge in [0.1, 0.15) is 5.58 Å². The van der Waals surface area contributed by atoms with Gasteiger partial charge < -0.3 is 23.7 Å². The molecule has 1 saturated carbocycles. The van der Waals surface area contributed by atoms with E-state index in [9.17, 15) is 19.5 Å². The highest BCUT2D eigenvalue weighted by atomic mass is 16.6. The Morgan fingerprint density at radius 3 is 2.18 bits per heavy atom. The van der Waals surface area contributed by atoms with E-state index < -0.39 is 52.7 Å². The Balaban J connectivity index is 2.06. The van der Waals surface area contributed by atoms with Crippen molar-refractivity contribution in [3.05, 3.63) is 35.1 Å². The second-order valence-electron chi connectivity index (χ2n) is 10.3. The van der Waals surface area contributed by atoms with E-state index in [1.165, 1.54) is 20.8 Å². The highest BCUT2D eigenvalue weighted by molar-refractivity contribution is 5.84. The van der Waals surface area contributed by atoms with Gasteiger partial charge in [0, 0.05) is 31.6 Å². The fourth-order valence-electron chi connectivity index (χ4n) is 6.48. The van der Waals surface area contributed by atoms with Crippen LogP contribution in [0.4, 0.5) is 0 Å². The molecule has 8 heteroatoms. The molecule has 34 heavy (non-hydrogen) atoms. The number of aryl methyl sites for hydroxylation is 1. The molecule has 2 aromatic rings. The molecule has 1 heterocycles. The largest absolute Gasteiger partial charge is 0.464 e. The molecule has 2 aliphatic rings. The van der Waals surface area contributed by atoms with E-state index in [2.05, 4.69) is 0 Å². The van der Waals surface area contributed by atoms with Gasteiger partial charge in [0.15, 0.2) is 18.3 Å². The van der Waals surface area contributed by atoms with Crippen molar-refractivity contribution in [1.29, 1.82) is 0 Å². The monoisotopic (exact) mass is 472 g/mol. The molecule has 0 saturated heterocycles. The number of rotatable bonds is 3. The maximum atomic E-state index is 12.5. The summed E-state index contributed by atoms with van der Waals surface area (Å²) in [6, 6.07) is 3.78. The summed E-state index contributed by atoms with van der Waals surface area (Å²) in [6.45, 7) is 11.2. The number of carbonyl (C=O) groups excluding carboxylic acids is 3. The third kappa shape index (κ3) is 3.18. The van der Waals surface area contributed by atoms with Crippen LogP contribution in [-0.2, 0) is 40.4 Å². The molecule has 0 radical (unpaired) electrons. The van der Waals surface area contributed by atoms with Crippen molar-refractivity contribution in [3.63, 3.8) is 0 Å². The topological polar surface area (TPSA) is 112 Å². The normalized spacial score (nSPS) is 31.8. The zero-order valence-corrected chi connectivity index (χ0v) is 20.7. The molecule has 0 spiro atoms. The number of carbonyl (C=O) groups is 3. The molecule has 1 N–H and O–H groups in total. The summed E-state index contributed by atoms with van der Waals surface area (Å²) in [5.41, 5.74) is -0.314. The average molecular weight is 473 g/mol. The van der Waals surface area contributed by atoms with E-state index in [1.54, 1.807) is 20.1 Å². The van der Waals surface area contributed by atoms with Gasteiger partial charge in [0.25, 0.3) is 0 Å². The Hall–Kier alpha value is -2.87. The molecule has 1 aromatic heterocycles. The van der Waals surface area contributed by atoms with E-state index in [0.717, 1.165) is 22.1 Å². The van der Waals surface area contributed by atoms with Gasteiger partial charge in [0.2, 0.25) is 0 Å². The number of fused-ring (bicyclic) bond motifs is 4. The maximum Gasteiger partial charge on any atom is 0.303 e. The van der Waals surface area contributed by atoms with Gasteiger partial charge in [-0.2, -0.15) is 0 Å². The average Bonchev–Trinajstić information content (AvgIpc) is 3.20. The van der Waals surface area contributed by atoms with Crippen LogP contribution in [0.3, 0.4) is 0 Å². The Labute approximate surface area is 198 Å². The SMILES string of the molecule is CC(=O)O[C@H]1[C@@H](OC(C)=O)C(C)(C)[C@]2(O)CCc3c(cc4occc4c3C)[C@@]2(C)[C@H]1OC(C)=O. The lowest BCUT2D eigenvalue weighted by Crippen LogP contribution is -2.78. The van der Waals surface area contributed by atoms with Gasteiger partial charge in [-0.05, 0) is 55.5 Å². The van der Waals surface area contributed by atoms with Gasteiger partial charge in [-0.3, -0.25) is 14.4 Å². The lowest BCUT2D eigenvalue weighted by atomic mass is 9.44. The third-order valence-electron chi connectivity index (χ3n) is 8.14. The number of aliphatic hydroxyl groups is 1. The van der Waals surface area contributed by atoms with E-state index in [1.807, 2.05) is 26.0 Å². The van der Waals surface area contributed by atoms with Crippen LogP contribution < -0.4 is 0 Å². The van der Waals surface area contributed by atoms with Crippen molar-refractivity contribution >= 4 is 28.9 Å². The van der Waals surface area contributed by atoms with Crippen LogP contribution in [0.2, 0.25) is 0 Å². The Bertz CT molecular complexity index is 1180. The molecule has 0 unspecified atom stereocenters. The van der Waals surface area contributed by atoms with E-state index in [-0.39, 0.29) is 0 Å². The Kier molecular flexibility index (Phi) is 5.59. The van der Waals surface area contributed by atoms with Crippen molar-refractivity contribution in [1.82, 2.24) is 0 Å². The molecule has 0 amide bonds. The van der Waals surface area contributed by atoms with Crippen LogP contribution in [-0.4, -0.2) is 46.9 Å². The summed E-state index contributed by atoms with van der Waals surface area (Å²) in [5.74, 6) is -1.80. The van der Waals surface area contributed by atoms with Crippen LogP contribution in [0.5, 0.6) is 0 Å². The first-order chi connectivity index (χ1) is 15.8. The summed E-state index contributed by atoms with van der Waals surface area (Å²) in [7, 11) is 0. The maximum absolute atomic E-state index is 12.5. The van der Waals surface area contributed by atoms with Crippen molar-refractivity contribution in [2.75, 3.05) is 0 Å². The van der Waals surface area contributed by atoms with Crippen LogP contribution in [0.15, 0.2) is 22.8 Å². The fourth-order valence-corrected chi connectivity index (χ4v) is 6.48. The van der Waals surface area contributed by atoms with Gasteiger partial charge in [-0.25, -0.2) is 0 Å². The van der Waals surface area contributed by atoms with Crippen LogP contribution in [0, 0.1) is 12.3 Å². The van der Waals surface area contributed by atoms with Crippen LogP contribution in [0.1, 0.15) is 64.7 Å². The lowest BCUT2D eigenvalue weighted by molar-refractivity contribution is -0.284. The zero-order chi connectivity index (χ0) is 25.2. The number of benzene rings is 1. The minimum atomic E-state index is -1.49. The molecule has 184 valence electrons. The number of hydrogen-bond acceptors (Lipinski definition) is 8. The first-order valence-corrected chi connectivity index (χ1v) is 11.5. The summed E-state index contributed by atoms with van der Waals surface area (Å²) in [4.78, 5) is 36.6. The predicted molar refractivity (Wildman–Crippen MR) is 122 cm³/mol. The summed E-state index contributed by atoms with van der Waals surface area (Å²) in [5, 5.41) is 13.5. The molecule has 2 aliphatic carbocycles. The van der Waals surface area contributed by atoms with E-state index in [4.69, 9.17) is 18.6 Å². The van der Waals surface area contributed by atoms with Gasteiger partial charge in [0.05, 0.1) is 17.3 Å². The van der Waals surface area contributed by atoms with Gasteiger partial charge in [-0.15, -0.1) is 0 Å². The summed E-state index contributed by atoms with van der Waals surface area (Å²) < 4.78 is 22.9. The molecule has 4 rings (SSSR count). The van der Waals surface area contributed by atoms with Crippen LogP contribution >= 0.6 is 0 Å². The van der Waals surface area contributed by atoms with E-state index in [0.29, 0.717) is 18.4 Å². The van der Waals surface area contributed by atoms with Crippen molar-refractivity contribution < 1.29 is 38.1 Å². The molecule has 1 aromatic carbocycles. The molecule has 0 bridgehead atoms. The number of hydrogen-bond donors (Lipinski definition) is 1. The van der Waals surface area contributed by atoms with E-state index >= 15 is 0 Å². The minimum absolute atomic E-state index is 0.329. The molecule has 1 fully saturated rings. The highest BCUT2D eigenvalue weighted by Crippen LogP contribution is 2.62. The number of furan rings is 1. The molecular weight excluding hydrogens is 440 g/mol. The second-order valence-corrected chi connectivity index (χ2v) is 10.3. The molecule has 8 nitrogen and oxygen atoms in total. The number of esters is 3.